The summed E-state index contributed by atoms with van der Waals surface area (Å²) in [5.74, 6) is 0.847. The average molecular weight is 281 g/mol. The van der Waals surface area contributed by atoms with Gasteiger partial charge in [0.1, 0.15) is 0 Å². The lowest BCUT2D eigenvalue weighted by molar-refractivity contribution is -0.137. The third-order valence-electron chi connectivity index (χ3n) is 6.82. The van der Waals surface area contributed by atoms with Crippen molar-refractivity contribution in [3.63, 3.8) is 0 Å². The topological polar surface area (TPSA) is 30.5 Å². The highest BCUT2D eigenvalue weighted by molar-refractivity contribution is 5.11. The Morgan fingerprint density at radius 3 is 2.65 bits per heavy atom. The summed E-state index contributed by atoms with van der Waals surface area (Å²) in [5, 5.41) is 3.58. The highest BCUT2D eigenvalue weighted by Gasteiger charge is 2.62. The van der Waals surface area contributed by atoms with E-state index in [1.165, 1.54) is 19.3 Å². The summed E-state index contributed by atoms with van der Waals surface area (Å²) < 4.78 is 12.3. The summed E-state index contributed by atoms with van der Waals surface area (Å²) in [7, 11) is 0. The lowest BCUT2D eigenvalue weighted by Crippen LogP contribution is -2.51. The zero-order valence-electron chi connectivity index (χ0n) is 13.6. The van der Waals surface area contributed by atoms with Crippen LogP contribution in [0.3, 0.4) is 0 Å². The molecule has 116 valence electrons. The summed E-state index contributed by atoms with van der Waals surface area (Å²) in [6.07, 6.45) is 5.70. The molecule has 0 aromatic heterocycles. The Bertz CT molecular complexity index is 355. The first-order valence-corrected chi connectivity index (χ1v) is 8.45. The number of likely N-dealkylation sites (N-methyl/N-ethyl adjacent to an activating group) is 1. The van der Waals surface area contributed by atoms with E-state index < -0.39 is 0 Å². The molecule has 3 heteroatoms. The second-order valence-corrected chi connectivity index (χ2v) is 7.80. The molecule has 3 nitrogen and oxygen atoms in total. The Kier molecular flexibility index (Phi) is 3.89. The molecule has 0 amide bonds. The number of ether oxygens (including phenoxy) is 2. The summed E-state index contributed by atoms with van der Waals surface area (Å²) in [5.41, 5.74) is 0.784. The molecule has 1 heterocycles. The number of fused-ring (bicyclic) bond motifs is 2. The van der Waals surface area contributed by atoms with E-state index in [2.05, 4.69) is 33.0 Å². The Morgan fingerprint density at radius 1 is 1.25 bits per heavy atom. The van der Waals surface area contributed by atoms with Crippen molar-refractivity contribution in [3.8, 4) is 0 Å². The number of hydrogen-bond acceptors (Lipinski definition) is 3. The monoisotopic (exact) mass is 281 g/mol. The van der Waals surface area contributed by atoms with Crippen LogP contribution < -0.4 is 5.32 Å². The fourth-order valence-corrected chi connectivity index (χ4v) is 4.89. The van der Waals surface area contributed by atoms with Crippen LogP contribution in [0.4, 0.5) is 0 Å². The second-order valence-electron chi connectivity index (χ2n) is 7.80. The zero-order valence-corrected chi connectivity index (χ0v) is 13.6. The van der Waals surface area contributed by atoms with Crippen LogP contribution in [0.15, 0.2) is 0 Å². The third-order valence-corrected chi connectivity index (χ3v) is 6.82. The van der Waals surface area contributed by atoms with Crippen molar-refractivity contribution in [3.05, 3.63) is 0 Å². The van der Waals surface area contributed by atoms with E-state index in [4.69, 9.17) is 9.47 Å². The van der Waals surface area contributed by atoms with E-state index in [1.54, 1.807) is 0 Å². The molecule has 1 aliphatic heterocycles. The van der Waals surface area contributed by atoms with Crippen molar-refractivity contribution >= 4 is 0 Å². The number of rotatable bonds is 4. The van der Waals surface area contributed by atoms with Gasteiger partial charge in [-0.3, -0.25) is 0 Å². The average Bonchev–Trinajstić information content (AvgIpc) is 2.74. The maximum Gasteiger partial charge on any atom is 0.0965 e. The van der Waals surface area contributed by atoms with Gasteiger partial charge in [-0.05, 0) is 49.0 Å². The van der Waals surface area contributed by atoms with Crippen molar-refractivity contribution in [2.45, 2.75) is 71.6 Å². The first kappa shape index (κ1) is 14.8. The molecule has 0 spiro atoms. The Morgan fingerprint density at radius 2 is 2.05 bits per heavy atom. The van der Waals surface area contributed by atoms with E-state index in [-0.39, 0.29) is 6.10 Å². The fraction of sp³-hybridized carbons (Fsp3) is 1.00. The van der Waals surface area contributed by atoms with E-state index in [0.717, 1.165) is 32.1 Å². The van der Waals surface area contributed by atoms with Gasteiger partial charge in [0.25, 0.3) is 0 Å². The minimum Gasteiger partial charge on any atom is -0.379 e. The summed E-state index contributed by atoms with van der Waals surface area (Å²) in [4.78, 5) is 0. The molecule has 5 atom stereocenters. The predicted molar refractivity (Wildman–Crippen MR) is 80.8 cm³/mol. The van der Waals surface area contributed by atoms with Gasteiger partial charge in [-0.2, -0.15) is 0 Å². The Balaban J connectivity index is 1.69. The quantitative estimate of drug-likeness (QED) is 0.859. The maximum atomic E-state index is 6.60. The highest BCUT2D eigenvalue weighted by atomic mass is 16.5. The SMILES string of the molecule is CCNC1CCOCC1OC1CC2CCC1(C)C2(C)C. The smallest absolute Gasteiger partial charge is 0.0965 e. The molecular weight excluding hydrogens is 250 g/mol. The van der Waals surface area contributed by atoms with Crippen LogP contribution in [0, 0.1) is 16.7 Å². The zero-order chi connectivity index (χ0) is 14.4. The lowest BCUT2D eigenvalue weighted by atomic mass is 9.70. The summed E-state index contributed by atoms with van der Waals surface area (Å²) >= 11 is 0. The fourth-order valence-electron chi connectivity index (χ4n) is 4.89. The summed E-state index contributed by atoms with van der Waals surface area (Å²) in [6.45, 7) is 12.2. The molecule has 3 fully saturated rings. The van der Waals surface area contributed by atoms with Gasteiger partial charge >= 0.3 is 0 Å². The maximum absolute atomic E-state index is 6.60. The molecule has 2 saturated carbocycles. The van der Waals surface area contributed by atoms with Crippen LogP contribution >= 0.6 is 0 Å². The van der Waals surface area contributed by atoms with Gasteiger partial charge in [-0.1, -0.05) is 27.7 Å². The number of nitrogens with one attached hydrogen (secondary N) is 1. The Hall–Kier alpha value is -0.120. The molecule has 3 aliphatic rings. The van der Waals surface area contributed by atoms with Gasteiger partial charge in [0.15, 0.2) is 0 Å². The van der Waals surface area contributed by atoms with Crippen molar-refractivity contribution < 1.29 is 9.47 Å². The van der Waals surface area contributed by atoms with Gasteiger partial charge in [-0.25, -0.2) is 0 Å². The van der Waals surface area contributed by atoms with Crippen LogP contribution in [0.2, 0.25) is 0 Å². The molecule has 3 rings (SSSR count). The third kappa shape index (κ3) is 2.13. The van der Waals surface area contributed by atoms with Crippen LogP contribution in [0.5, 0.6) is 0 Å². The first-order valence-electron chi connectivity index (χ1n) is 8.45. The van der Waals surface area contributed by atoms with Crippen molar-refractivity contribution in [2.24, 2.45) is 16.7 Å². The van der Waals surface area contributed by atoms with Crippen LogP contribution in [0.1, 0.15) is 53.4 Å². The van der Waals surface area contributed by atoms with Crippen molar-refractivity contribution in [1.82, 2.24) is 5.32 Å². The lowest BCUT2D eigenvalue weighted by Gasteiger charge is -2.42. The van der Waals surface area contributed by atoms with Gasteiger partial charge < -0.3 is 14.8 Å². The predicted octanol–water partition coefficient (Wildman–Crippen LogP) is 2.98. The molecule has 0 radical (unpaired) electrons. The molecule has 0 aromatic rings. The van der Waals surface area contributed by atoms with E-state index in [0.29, 0.717) is 23.0 Å². The van der Waals surface area contributed by atoms with Crippen LogP contribution in [-0.4, -0.2) is 38.0 Å². The molecule has 2 bridgehead atoms. The minimum atomic E-state index is 0.237. The second kappa shape index (κ2) is 5.26. The van der Waals surface area contributed by atoms with Gasteiger partial charge in [0.2, 0.25) is 0 Å². The Labute approximate surface area is 123 Å². The normalized spacial score (nSPS) is 46.8. The highest BCUT2D eigenvalue weighted by Crippen LogP contribution is 2.66. The molecule has 1 N–H and O–H groups in total. The van der Waals surface area contributed by atoms with E-state index in [1.807, 2.05) is 0 Å². The summed E-state index contributed by atoms with van der Waals surface area (Å²) in [6, 6.07) is 0.472. The minimum absolute atomic E-state index is 0.237. The van der Waals surface area contributed by atoms with Gasteiger partial charge in [-0.15, -0.1) is 0 Å². The van der Waals surface area contributed by atoms with Gasteiger partial charge in [0, 0.05) is 12.6 Å². The van der Waals surface area contributed by atoms with Crippen LogP contribution in [-0.2, 0) is 9.47 Å². The standard InChI is InChI=1S/C17H31NO2/c1-5-18-13-7-9-19-11-14(13)20-15-10-12-6-8-17(15,4)16(12,2)3/h12-15,18H,5-11H2,1-4H3. The largest absolute Gasteiger partial charge is 0.379 e. The molecule has 20 heavy (non-hydrogen) atoms. The van der Waals surface area contributed by atoms with Crippen LogP contribution in [0.25, 0.3) is 0 Å². The van der Waals surface area contributed by atoms with Gasteiger partial charge in [0.05, 0.1) is 18.8 Å². The molecular formula is C17H31NO2. The van der Waals surface area contributed by atoms with Crippen molar-refractivity contribution in [2.75, 3.05) is 19.8 Å². The molecule has 0 aromatic carbocycles. The molecule has 2 aliphatic carbocycles. The van der Waals surface area contributed by atoms with E-state index in [9.17, 15) is 0 Å². The molecule has 5 unspecified atom stereocenters. The number of hydrogen-bond donors (Lipinski definition) is 1. The molecule has 1 saturated heterocycles. The van der Waals surface area contributed by atoms with E-state index >= 15 is 0 Å². The van der Waals surface area contributed by atoms with Crippen molar-refractivity contribution in [1.29, 1.82) is 0 Å². The first-order chi connectivity index (χ1) is 9.49.